The lowest BCUT2D eigenvalue weighted by atomic mass is 10.2. The molecule has 1 rings (SSSR count). The van der Waals surface area contributed by atoms with Gasteiger partial charge in [-0.25, -0.2) is 13.8 Å². The Morgan fingerprint density at radius 1 is 1.33 bits per heavy atom. The number of halogens is 6. The minimum absolute atomic E-state index is 0.609. The lowest BCUT2D eigenvalue weighted by molar-refractivity contribution is -0.137. The highest BCUT2D eigenvalue weighted by molar-refractivity contribution is 14.1. The lowest BCUT2D eigenvalue weighted by Crippen LogP contribution is -2.14. The van der Waals surface area contributed by atoms with Crippen LogP contribution in [0.15, 0.2) is 6.20 Å². The van der Waals surface area contributed by atoms with Gasteiger partial charge in [-0.05, 0) is 22.6 Å². The summed E-state index contributed by atoms with van der Waals surface area (Å²) in [4.78, 5) is 3.10. The smallest absolute Gasteiger partial charge is 0.383 e. The van der Waals surface area contributed by atoms with Crippen LogP contribution in [0.25, 0.3) is 0 Å². The molecule has 0 aliphatic heterocycles. The average molecular weight is 338 g/mol. The van der Waals surface area contributed by atoms with Crippen molar-refractivity contribution in [3.05, 3.63) is 20.9 Å². The van der Waals surface area contributed by atoms with Gasteiger partial charge >= 0.3 is 6.18 Å². The maximum Gasteiger partial charge on any atom is 0.420 e. The van der Waals surface area contributed by atoms with E-state index in [0.717, 1.165) is 0 Å². The van der Waals surface area contributed by atoms with E-state index in [2.05, 4.69) is 4.98 Å². The van der Waals surface area contributed by atoms with Crippen molar-refractivity contribution in [1.29, 1.82) is 0 Å². The summed E-state index contributed by atoms with van der Waals surface area (Å²) < 4.78 is 61.1. The molecule has 2 nitrogen and oxygen atoms in total. The summed E-state index contributed by atoms with van der Waals surface area (Å²) in [6.45, 7) is 0. The third-order valence-corrected chi connectivity index (χ3v) is 2.75. The standard InChI is InChI=1S/C7H4F5IN2/c8-5(9)2-1-15-6(14)3(4(2)13)7(10,11)12/h1,5H,(H2,14,15). The molecule has 2 N–H and O–H groups in total. The van der Waals surface area contributed by atoms with Crippen molar-refractivity contribution in [1.82, 2.24) is 4.98 Å². The molecular formula is C7H4F5IN2. The number of hydrogen-bond acceptors (Lipinski definition) is 2. The van der Waals surface area contributed by atoms with Crippen LogP contribution in [-0.4, -0.2) is 4.98 Å². The Hall–Kier alpha value is -0.670. The summed E-state index contributed by atoms with van der Waals surface area (Å²) in [5.41, 5.74) is 2.92. The number of nitrogens with zero attached hydrogens (tertiary/aromatic N) is 1. The number of nitrogens with two attached hydrogens (primary N) is 1. The van der Waals surface area contributed by atoms with Gasteiger partial charge < -0.3 is 5.73 Å². The van der Waals surface area contributed by atoms with Gasteiger partial charge in [0.1, 0.15) is 11.4 Å². The molecule has 1 aromatic rings. The van der Waals surface area contributed by atoms with Crippen molar-refractivity contribution in [2.24, 2.45) is 0 Å². The number of alkyl halides is 5. The number of hydrogen-bond donors (Lipinski definition) is 1. The maximum atomic E-state index is 12.4. The third kappa shape index (κ3) is 2.47. The zero-order valence-electron chi connectivity index (χ0n) is 6.95. The monoisotopic (exact) mass is 338 g/mol. The Bertz CT molecular complexity index is 376. The second kappa shape index (κ2) is 4.06. The summed E-state index contributed by atoms with van der Waals surface area (Å²) >= 11 is 1.19. The van der Waals surface area contributed by atoms with E-state index in [0.29, 0.717) is 6.20 Å². The second-order valence-electron chi connectivity index (χ2n) is 2.59. The Morgan fingerprint density at radius 2 is 1.87 bits per heavy atom. The quantitative estimate of drug-likeness (QED) is 0.631. The summed E-state index contributed by atoms with van der Waals surface area (Å²) in [5, 5.41) is 0. The van der Waals surface area contributed by atoms with Crippen LogP contribution in [0.3, 0.4) is 0 Å². The van der Waals surface area contributed by atoms with Crippen molar-refractivity contribution in [3.63, 3.8) is 0 Å². The molecule has 0 spiro atoms. The van der Waals surface area contributed by atoms with Crippen molar-refractivity contribution in [2.75, 3.05) is 5.73 Å². The van der Waals surface area contributed by atoms with Crippen LogP contribution in [0.5, 0.6) is 0 Å². The SMILES string of the molecule is Nc1ncc(C(F)F)c(I)c1C(F)(F)F. The predicted octanol–water partition coefficient (Wildman–Crippen LogP) is 3.22. The largest absolute Gasteiger partial charge is 0.420 e. The molecule has 15 heavy (non-hydrogen) atoms. The number of anilines is 1. The maximum absolute atomic E-state index is 12.4. The highest BCUT2D eigenvalue weighted by Gasteiger charge is 2.38. The van der Waals surface area contributed by atoms with Crippen molar-refractivity contribution in [3.8, 4) is 0 Å². The van der Waals surface area contributed by atoms with E-state index < -0.39 is 33.1 Å². The van der Waals surface area contributed by atoms with Crippen LogP contribution in [0.4, 0.5) is 27.8 Å². The number of rotatable bonds is 1. The normalized spacial score (nSPS) is 12.2. The van der Waals surface area contributed by atoms with Crippen molar-refractivity contribution < 1.29 is 22.0 Å². The lowest BCUT2D eigenvalue weighted by Gasteiger charge is -2.13. The second-order valence-corrected chi connectivity index (χ2v) is 3.66. The molecule has 0 bridgehead atoms. The Morgan fingerprint density at radius 3 is 2.27 bits per heavy atom. The van der Waals surface area contributed by atoms with Crippen LogP contribution in [-0.2, 0) is 6.18 Å². The number of nitrogen functional groups attached to an aromatic ring is 1. The molecule has 0 radical (unpaired) electrons. The highest BCUT2D eigenvalue weighted by atomic mass is 127. The number of pyridine rings is 1. The molecule has 0 saturated heterocycles. The molecule has 0 saturated carbocycles. The first-order chi connectivity index (χ1) is 6.75. The van der Waals surface area contributed by atoms with Crippen LogP contribution in [0.1, 0.15) is 17.6 Å². The summed E-state index contributed by atoms with van der Waals surface area (Å²) in [7, 11) is 0. The van der Waals surface area contributed by atoms with E-state index in [4.69, 9.17) is 5.73 Å². The molecule has 0 unspecified atom stereocenters. The van der Waals surface area contributed by atoms with Gasteiger partial charge in [-0.15, -0.1) is 0 Å². The predicted molar refractivity (Wildman–Crippen MR) is 51.3 cm³/mol. The molecule has 0 aliphatic rings. The third-order valence-electron chi connectivity index (χ3n) is 1.59. The van der Waals surface area contributed by atoms with Crippen LogP contribution < -0.4 is 5.73 Å². The topological polar surface area (TPSA) is 38.9 Å². The van der Waals surface area contributed by atoms with E-state index >= 15 is 0 Å². The molecule has 0 aliphatic carbocycles. The van der Waals surface area contributed by atoms with Gasteiger partial charge in [0.25, 0.3) is 6.43 Å². The van der Waals surface area contributed by atoms with Crippen LogP contribution in [0, 0.1) is 3.57 Å². The molecule has 1 heterocycles. The fraction of sp³-hybridized carbons (Fsp3) is 0.286. The van der Waals surface area contributed by atoms with E-state index in [9.17, 15) is 22.0 Å². The highest BCUT2D eigenvalue weighted by Crippen LogP contribution is 2.39. The van der Waals surface area contributed by atoms with Gasteiger partial charge in [-0.1, -0.05) is 0 Å². The minimum Gasteiger partial charge on any atom is -0.383 e. The van der Waals surface area contributed by atoms with Gasteiger partial charge in [0.15, 0.2) is 0 Å². The number of aromatic nitrogens is 1. The van der Waals surface area contributed by atoms with Crippen molar-refractivity contribution in [2.45, 2.75) is 12.6 Å². The molecule has 0 amide bonds. The van der Waals surface area contributed by atoms with Gasteiger partial charge in [0, 0.05) is 9.77 Å². The van der Waals surface area contributed by atoms with E-state index in [-0.39, 0.29) is 0 Å². The first-order valence-corrected chi connectivity index (χ1v) is 4.62. The first kappa shape index (κ1) is 12.4. The Labute approximate surface area is 94.8 Å². The van der Waals surface area contributed by atoms with Gasteiger partial charge in [0.2, 0.25) is 0 Å². The van der Waals surface area contributed by atoms with Gasteiger partial charge in [0.05, 0.1) is 5.56 Å². The van der Waals surface area contributed by atoms with Crippen LogP contribution >= 0.6 is 22.6 Å². The molecular weight excluding hydrogens is 334 g/mol. The Balaban J connectivity index is 3.44. The van der Waals surface area contributed by atoms with Gasteiger partial charge in [-0.3, -0.25) is 0 Å². The fourth-order valence-corrected chi connectivity index (χ4v) is 1.90. The first-order valence-electron chi connectivity index (χ1n) is 3.54. The molecule has 0 fully saturated rings. The summed E-state index contributed by atoms with van der Waals surface area (Å²) in [6.07, 6.45) is -7.14. The average Bonchev–Trinajstić information content (AvgIpc) is 2.00. The molecule has 8 heteroatoms. The fourth-order valence-electron chi connectivity index (χ4n) is 0.939. The molecule has 0 aromatic carbocycles. The van der Waals surface area contributed by atoms with Crippen molar-refractivity contribution >= 4 is 28.4 Å². The zero-order chi connectivity index (χ0) is 11.8. The van der Waals surface area contributed by atoms with Crippen LogP contribution in [0.2, 0.25) is 0 Å². The molecule has 1 aromatic heterocycles. The minimum atomic E-state index is -4.78. The van der Waals surface area contributed by atoms with E-state index in [1.54, 1.807) is 0 Å². The Kier molecular flexibility index (Phi) is 3.36. The molecule has 84 valence electrons. The van der Waals surface area contributed by atoms with Gasteiger partial charge in [-0.2, -0.15) is 13.2 Å². The molecule has 0 atom stereocenters. The summed E-state index contributed by atoms with van der Waals surface area (Å²) in [6, 6.07) is 0. The van der Waals surface area contributed by atoms with E-state index in [1.165, 1.54) is 22.6 Å². The zero-order valence-corrected chi connectivity index (χ0v) is 9.10. The summed E-state index contributed by atoms with van der Waals surface area (Å²) in [5.74, 6) is -0.795. The van der Waals surface area contributed by atoms with E-state index in [1.807, 2.05) is 0 Å².